The molecule has 0 aromatic rings. The van der Waals surface area contributed by atoms with E-state index in [1.54, 1.807) is 0 Å². The van der Waals surface area contributed by atoms with Crippen LogP contribution in [0.1, 0.15) is 72.6 Å². The number of rotatable bonds is 10. The molecule has 0 amide bonds. The third-order valence-corrected chi connectivity index (χ3v) is 3.49. The fourth-order valence-corrected chi connectivity index (χ4v) is 2.20. The minimum atomic E-state index is 0.352. The van der Waals surface area contributed by atoms with E-state index in [1.807, 2.05) is 0 Å². The lowest BCUT2D eigenvalue weighted by molar-refractivity contribution is 0.255. The smallest absolute Gasteiger partial charge is 0.0433 e. The van der Waals surface area contributed by atoms with Gasteiger partial charge >= 0.3 is 0 Å². The maximum Gasteiger partial charge on any atom is 0.0433 e. The van der Waals surface area contributed by atoms with Gasteiger partial charge in [0.2, 0.25) is 0 Å². The minimum Gasteiger partial charge on any atom is -0.396 e. The van der Waals surface area contributed by atoms with Crippen LogP contribution in [-0.2, 0) is 0 Å². The van der Waals surface area contributed by atoms with E-state index >= 15 is 0 Å². The highest BCUT2D eigenvalue weighted by Crippen LogP contribution is 2.19. The average Bonchev–Trinajstić information content (AvgIpc) is 2.17. The molecule has 0 aliphatic heterocycles. The average molecular weight is 228 g/mol. The van der Waals surface area contributed by atoms with E-state index < -0.39 is 0 Å². The van der Waals surface area contributed by atoms with Crippen LogP contribution in [0.3, 0.4) is 0 Å². The van der Waals surface area contributed by atoms with Crippen molar-refractivity contribution in [1.82, 2.24) is 0 Å². The van der Waals surface area contributed by atoms with Gasteiger partial charge in [-0.25, -0.2) is 0 Å². The molecule has 16 heavy (non-hydrogen) atoms. The molecule has 0 heterocycles. The summed E-state index contributed by atoms with van der Waals surface area (Å²) in [6, 6.07) is 0. The van der Waals surface area contributed by atoms with Crippen molar-refractivity contribution in [2.45, 2.75) is 72.6 Å². The number of hydrogen-bond acceptors (Lipinski definition) is 1. The van der Waals surface area contributed by atoms with Gasteiger partial charge in [-0.2, -0.15) is 0 Å². The molecule has 1 N–H and O–H groups in total. The molecule has 1 nitrogen and oxygen atoms in total. The molecule has 0 spiro atoms. The summed E-state index contributed by atoms with van der Waals surface area (Å²) in [7, 11) is 0. The lowest BCUT2D eigenvalue weighted by atomic mass is 9.93. The Morgan fingerprint density at radius 1 is 0.688 bits per heavy atom. The molecule has 0 bridgehead atoms. The molecule has 98 valence electrons. The number of aliphatic hydroxyl groups is 1. The van der Waals surface area contributed by atoms with Crippen molar-refractivity contribution in [1.29, 1.82) is 0 Å². The number of aliphatic hydroxyl groups excluding tert-OH is 1. The van der Waals surface area contributed by atoms with Gasteiger partial charge in [-0.1, -0.05) is 66.2 Å². The van der Waals surface area contributed by atoms with Crippen molar-refractivity contribution >= 4 is 0 Å². The zero-order valence-electron chi connectivity index (χ0n) is 11.8. The first-order valence-electron chi connectivity index (χ1n) is 7.17. The van der Waals surface area contributed by atoms with Gasteiger partial charge in [-0.15, -0.1) is 0 Å². The van der Waals surface area contributed by atoms with Crippen LogP contribution in [0.4, 0.5) is 0 Å². The highest BCUT2D eigenvalue weighted by molar-refractivity contribution is 4.58. The summed E-state index contributed by atoms with van der Waals surface area (Å²) < 4.78 is 0. The third kappa shape index (κ3) is 10.5. The quantitative estimate of drug-likeness (QED) is 0.577. The summed E-state index contributed by atoms with van der Waals surface area (Å²) in [6.45, 7) is 9.60. The second-order valence-electron chi connectivity index (χ2n) is 5.98. The van der Waals surface area contributed by atoms with Crippen LogP contribution in [0, 0.1) is 17.8 Å². The monoisotopic (exact) mass is 228 g/mol. The van der Waals surface area contributed by atoms with E-state index in [0.717, 1.165) is 18.3 Å². The lowest BCUT2D eigenvalue weighted by Crippen LogP contribution is -2.01. The van der Waals surface area contributed by atoms with Gasteiger partial charge in [0.25, 0.3) is 0 Å². The largest absolute Gasteiger partial charge is 0.396 e. The highest BCUT2D eigenvalue weighted by atomic mass is 16.3. The Kier molecular flexibility index (Phi) is 10.1. The molecule has 0 rings (SSSR count). The maximum absolute atomic E-state index is 8.81. The van der Waals surface area contributed by atoms with Crippen LogP contribution < -0.4 is 0 Å². The third-order valence-electron chi connectivity index (χ3n) is 3.49. The van der Waals surface area contributed by atoms with Crippen LogP contribution in [0.15, 0.2) is 0 Å². The fourth-order valence-electron chi connectivity index (χ4n) is 2.20. The van der Waals surface area contributed by atoms with Crippen molar-refractivity contribution in [2.75, 3.05) is 6.61 Å². The molecule has 0 saturated carbocycles. The van der Waals surface area contributed by atoms with Gasteiger partial charge < -0.3 is 5.11 Å². The molecule has 0 aliphatic carbocycles. The Bertz CT molecular complexity index is 142. The Labute approximate surface area is 103 Å². The van der Waals surface area contributed by atoms with Crippen molar-refractivity contribution in [3.63, 3.8) is 0 Å². The van der Waals surface area contributed by atoms with Gasteiger partial charge in [0.15, 0.2) is 0 Å². The second kappa shape index (κ2) is 10.1. The van der Waals surface area contributed by atoms with Gasteiger partial charge in [0.05, 0.1) is 0 Å². The van der Waals surface area contributed by atoms with Crippen molar-refractivity contribution in [2.24, 2.45) is 17.8 Å². The van der Waals surface area contributed by atoms with E-state index in [1.165, 1.54) is 38.5 Å². The van der Waals surface area contributed by atoms with E-state index in [9.17, 15) is 0 Å². The molecular weight excluding hydrogens is 196 g/mol. The first-order valence-corrected chi connectivity index (χ1v) is 7.17. The van der Waals surface area contributed by atoms with Crippen LogP contribution in [0.2, 0.25) is 0 Å². The van der Waals surface area contributed by atoms with E-state index in [0.29, 0.717) is 12.5 Å². The van der Waals surface area contributed by atoms with Crippen LogP contribution >= 0.6 is 0 Å². The Morgan fingerprint density at radius 2 is 1.12 bits per heavy atom. The van der Waals surface area contributed by atoms with Gasteiger partial charge in [-0.3, -0.25) is 0 Å². The predicted molar refractivity (Wildman–Crippen MR) is 72.6 cm³/mol. The SMILES string of the molecule is CC(C)CCCC(C)CCC[C@@H](C)CCO. The van der Waals surface area contributed by atoms with Crippen molar-refractivity contribution < 1.29 is 5.11 Å². The summed E-state index contributed by atoms with van der Waals surface area (Å²) >= 11 is 0. The molecule has 0 saturated heterocycles. The summed E-state index contributed by atoms with van der Waals surface area (Å²) in [6.07, 6.45) is 9.14. The maximum atomic E-state index is 8.81. The normalized spacial score (nSPS) is 15.4. The van der Waals surface area contributed by atoms with Crippen molar-refractivity contribution in [3.8, 4) is 0 Å². The van der Waals surface area contributed by atoms with Gasteiger partial charge in [-0.05, 0) is 24.2 Å². The minimum absolute atomic E-state index is 0.352. The molecule has 1 heteroatoms. The molecule has 0 aromatic carbocycles. The molecule has 0 aromatic heterocycles. The number of hydrogen-bond donors (Lipinski definition) is 1. The molecule has 0 radical (unpaired) electrons. The molecule has 0 aliphatic rings. The zero-order chi connectivity index (χ0) is 12.4. The summed E-state index contributed by atoms with van der Waals surface area (Å²) in [5.74, 6) is 2.45. The summed E-state index contributed by atoms with van der Waals surface area (Å²) in [4.78, 5) is 0. The van der Waals surface area contributed by atoms with Crippen LogP contribution in [0.5, 0.6) is 0 Å². The first kappa shape index (κ1) is 16.0. The van der Waals surface area contributed by atoms with E-state index in [-0.39, 0.29) is 0 Å². The highest BCUT2D eigenvalue weighted by Gasteiger charge is 2.05. The van der Waals surface area contributed by atoms with E-state index in [2.05, 4.69) is 27.7 Å². The van der Waals surface area contributed by atoms with Crippen LogP contribution in [-0.4, -0.2) is 11.7 Å². The van der Waals surface area contributed by atoms with E-state index in [4.69, 9.17) is 5.11 Å². The molecule has 1 unspecified atom stereocenters. The van der Waals surface area contributed by atoms with Gasteiger partial charge in [0, 0.05) is 6.61 Å². The first-order chi connectivity index (χ1) is 7.56. The molecule has 2 atom stereocenters. The summed E-state index contributed by atoms with van der Waals surface area (Å²) in [5, 5.41) is 8.81. The predicted octanol–water partition coefficient (Wildman–Crippen LogP) is 4.64. The Balaban J connectivity index is 3.32. The Morgan fingerprint density at radius 3 is 1.56 bits per heavy atom. The fraction of sp³-hybridized carbons (Fsp3) is 1.00. The summed E-state index contributed by atoms with van der Waals surface area (Å²) in [5.41, 5.74) is 0. The Hall–Kier alpha value is -0.0400. The van der Waals surface area contributed by atoms with Crippen LogP contribution in [0.25, 0.3) is 0 Å². The molecule has 0 fully saturated rings. The van der Waals surface area contributed by atoms with Crippen molar-refractivity contribution in [3.05, 3.63) is 0 Å². The standard InChI is InChI=1S/C15H32O/c1-13(2)7-5-8-14(3)9-6-10-15(4)11-12-16/h13-16H,5-12H2,1-4H3/t14?,15-/m1/s1. The van der Waals surface area contributed by atoms with Gasteiger partial charge in [0.1, 0.15) is 0 Å². The second-order valence-corrected chi connectivity index (χ2v) is 5.98. The lowest BCUT2D eigenvalue weighted by Gasteiger charge is -2.14. The molecular formula is C15H32O. The topological polar surface area (TPSA) is 20.2 Å². The zero-order valence-corrected chi connectivity index (χ0v) is 11.8.